The molecular weight excluding hydrogens is 223 g/mol. The van der Waals surface area contributed by atoms with Crippen molar-refractivity contribution >= 4 is 11.6 Å². The van der Waals surface area contributed by atoms with Crippen molar-refractivity contribution < 1.29 is 19.3 Å². The Morgan fingerprint density at radius 1 is 1.53 bits per heavy atom. The standard InChI is InChI=1S/C10H10ClFO3/c1-15-9-5(11)4-6(13)8(12)7(9)10(14)2-3-10/h4,13-14H,2-3H2,1H3. The van der Waals surface area contributed by atoms with Crippen molar-refractivity contribution in [2.75, 3.05) is 7.11 Å². The summed E-state index contributed by atoms with van der Waals surface area (Å²) in [5.41, 5.74) is -1.28. The number of methoxy groups -OCH3 is 1. The van der Waals surface area contributed by atoms with Gasteiger partial charge < -0.3 is 14.9 Å². The summed E-state index contributed by atoms with van der Waals surface area (Å²) < 4.78 is 18.6. The van der Waals surface area contributed by atoms with Crippen LogP contribution in [0.4, 0.5) is 4.39 Å². The Morgan fingerprint density at radius 3 is 2.60 bits per heavy atom. The van der Waals surface area contributed by atoms with Gasteiger partial charge in [0.2, 0.25) is 0 Å². The van der Waals surface area contributed by atoms with Crippen molar-refractivity contribution in [3.8, 4) is 11.5 Å². The summed E-state index contributed by atoms with van der Waals surface area (Å²) in [5, 5.41) is 19.2. The molecule has 0 radical (unpaired) electrons. The molecular formula is C10H10ClFO3. The molecule has 82 valence electrons. The lowest BCUT2D eigenvalue weighted by Gasteiger charge is -2.16. The van der Waals surface area contributed by atoms with E-state index in [-0.39, 0.29) is 16.3 Å². The van der Waals surface area contributed by atoms with Crippen molar-refractivity contribution in [3.05, 3.63) is 22.5 Å². The SMILES string of the molecule is COc1c(Cl)cc(O)c(F)c1C1(O)CC1. The van der Waals surface area contributed by atoms with Gasteiger partial charge in [-0.1, -0.05) is 11.6 Å². The van der Waals surface area contributed by atoms with Crippen molar-refractivity contribution in [2.45, 2.75) is 18.4 Å². The molecule has 0 heterocycles. The van der Waals surface area contributed by atoms with Crippen molar-refractivity contribution in [2.24, 2.45) is 0 Å². The lowest BCUT2D eigenvalue weighted by molar-refractivity contribution is 0.141. The molecule has 0 bridgehead atoms. The third-order valence-corrected chi connectivity index (χ3v) is 2.83. The minimum absolute atomic E-state index is 0.0463. The predicted octanol–water partition coefficient (Wildman–Crippen LogP) is 2.17. The normalized spacial score (nSPS) is 17.6. The van der Waals surface area contributed by atoms with Gasteiger partial charge in [-0.3, -0.25) is 0 Å². The minimum Gasteiger partial charge on any atom is -0.505 e. The Balaban J connectivity index is 2.68. The fraction of sp³-hybridized carbons (Fsp3) is 0.400. The van der Waals surface area contributed by atoms with Crippen LogP contribution < -0.4 is 4.74 Å². The van der Waals surface area contributed by atoms with E-state index in [9.17, 15) is 14.6 Å². The van der Waals surface area contributed by atoms with Gasteiger partial charge in [0, 0.05) is 6.07 Å². The van der Waals surface area contributed by atoms with E-state index in [1.165, 1.54) is 7.11 Å². The van der Waals surface area contributed by atoms with Crippen LogP contribution in [0.5, 0.6) is 11.5 Å². The molecule has 15 heavy (non-hydrogen) atoms. The number of benzene rings is 1. The van der Waals surface area contributed by atoms with Gasteiger partial charge in [0.25, 0.3) is 0 Å². The van der Waals surface area contributed by atoms with Gasteiger partial charge in [0.15, 0.2) is 11.6 Å². The van der Waals surface area contributed by atoms with Crippen LogP contribution in [0.2, 0.25) is 5.02 Å². The molecule has 5 heteroatoms. The maximum Gasteiger partial charge on any atom is 0.174 e. The maximum absolute atomic E-state index is 13.6. The molecule has 3 nitrogen and oxygen atoms in total. The molecule has 0 amide bonds. The van der Waals surface area contributed by atoms with Crippen LogP contribution >= 0.6 is 11.6 Å². The number of hydrogen-bond donors (Lipinski definition) is 2. The molecule has 0 aliphatic heterocycles. The fourth-order valence-corrected chi connectivity index (χ4v) is 1.85. The molecule has 1 aromatic carbocycles. The van der Waals surface area contributed by atoms with Crippen LogP contribution in [-0.2, 0) is 5.60 Å². The van der Waals surface area contributed by atoms with E-state index in [0.29, 0.717) is 12.8 Å². The molecule has 0 atom stereocenters. The Morgan fingerprint density at radius 2 is 2.13 bits per heavy atom. The quantitative estimate of drug-likeness (QED) is 0.822. The Kier molecular flexibility index (Phi) is 2.28. The molecule has 2 N–H and O–H groups in total. The number of hydrogen-bond acceptors (Lipinski definition) is 3. The molecule has 0 saturated heterocycles. The van der Waals surface area contributed by atoms with Gasteiger partial charge in [0.1, 0.15) is 5.75 Å². The monoisotopic (exact) mass is 232 g/mol. The first kappa shape index (κ1) is 10.5. The first-order valence-electron chi connectivity index (χ1n) is 4.47. The van der Waals surface area contributed by atoms with Crippen molar-refractivity contribution in [1.82, 2.24) is 0 Å². The van der Waals surface area contributed by atoms with Gasteiger partial charge in [-0.25, -0.2) is 4.39 Å². The summed E-state index contributed by atoms with van der Waals surface area (Å²) >= 11 is 5.78. The number of phenols is 1. The van der Waals surface area contributed by atoms with Crippen LogP contribution in [0.3, 0.4) is 0 Å². The zero-order chi connectivity index (χ0) is 11.2. The average molecular weight is 233 g/mol. The molecule has 1 fully saturated rings. The van der Waals surface area contributed by atoms with E-state index in [1.807, 2.05) is 0 Å². The zero-order valence-corrected chi connectivity index (χ0v) is 8.81. The number of ether oxygens (including phenoxy) is 1. The molecule has 1 aliphatic rings. The number of halogens is 2. The Bertz CT molecular complexity index is 416. The topological polar surface area (TPSA) is 49.7 Å². The lowest BCUT2D eigenvalue weighted by Crippen LogP contribution is -2.10. The van der Waals surface area contributed by atoms with E-state index in [2.05, 4.69) is 0 Å². The molecule has 1 saturated carbocycles. The summed E-state index contributed by atoms with van der Waals surface area (Å²) in [6.07, 6.45) is 0.889. The summed E-state index contributed by atoms with van der Waals surface area (Å²) in [6, 6.07) is 1.06. The second-order valence-electron chi connectivity index (χ2n) is 3.63. The minimum atomic E-state index is -1.24. The third kappa shape index (κ3) is 1.54. The highest BCUT2D eigenvalue weighted by atomic mass is 35.5. The first-order chi connectivity index (χ1) is 6.99. The van der Waals surface area contributed by atoms with Crippen LogP contribution in [0.15, 0.2) is 6.07 Å². The second-order valence-corrected chi connectivity index (χ2v) is 4.04. The van der Waals surface area contributed by atoms with E-state index in [1.54, 1.807) is 0 Å². The van der Waals surface area contributed by atoms with Crippen molar-refractivity contribution in [1.29, 1.82) is 0 Å². The fourth-order valence-electron chi connectivity index (χ4n) is 1.58. The van der Waals surface area contributed by atoms with Gasteiger partial charge in [-0.15, -0.1) is 0 Å². The molecule has 0 unspecified atom stereocenters. The van der Waals surface area contributed by atoms with E-state index >= 15 is 0 Å². The van der Waals surface area contributed by atoms with Gasteiger partial charge >= 0.3 is 0 Å². The summed E-state index contributed by atoms with van der Waals surface area (Å²) in [6.45, 7) is 0. The average Bonchev–Trinajstić information content (AvgIpc) is 2.90. The van der Waals surface area contributed by atoms with Crippen LogP contribution in [0.1, 0.15) is 18.4 Å². The largest absolute Gasteiger partial charge is 0.505 e. The zero-order valence-electron chi connectivity index (χ0n) is 8.05. The second kappa shape index (κ2) is 3.25. The summed E-state index contributed by atoms with van der Waals surface area (Å²) in [5.74, 6) is -1.35. The molecule has 1 aliphatic carbocycles. The number of aromatic hydroxyl groups is 1. The third-order valence-electron chi connectivity index (χ3n) is 2.54. The van der Waals surface area contributed by atoms with Crippen LogP contribution in [-0.4, -0.2) is 17.3 Å². The smallest absolute Gasteiger partial charge is 0.174 e. The van der Waals surface area contributed by atoms with E-state index < -0.39 is 17.2 Å². The summed E-state index contributed by atoms with van der Waals surface area (Å²) in [7, 11) is 1.34. The highest BCUT2D eigenvalue weighted by Crippen LogP contribution is 2.52. The van der Waals surface area contributed by atoms with Gasteiger partial charge in [-0.2, -0.15) is 0 Å². The molecule has 0 aromatic heterocycles. The predicted molar refractivity (Wildman–Crippen MR) is 52.8 cm³/mol. The number of aliphatic hydroxyl groups is 1. The molecule has 0 spiro atoms. The van der Waals surface area contributed by atoms with E-state index in [0.717, 1.165) is 6.07 Å². The number of rotatable bonds is 2. The van der Waals surface area contributed by atoms with Crippen LogP contribution in [0.25, 0.3) is 0 Å². The highest BCUT2D eigenvalue weighted by molar-refractivity contribution is 6.32. The molecule has 1 aromatic rings. The van der Waals surface area contributed by atoms with Gasteiger partial charge in [0.05, 0.1) is 23.3 Å². The summed E-state index contributed by atoms with van der Waals surface area (Å²) in [4.78, 5) is 0. The molecule has 2 rings (SSSR count). The Labute approximate surface area is 91.1 Å². The maximum atomic E-state index is 13.6. The van der Waals surface area contributed by atoms with Crippen molar-refractivity contribution in [3.63, 3.8) is 0 Å². The van der Waals surface area contributed by atoms with Crippen LogP contribution in [0, 0.1) is 5.82 Å². The lowest BCUT2D eigenvalue weighted by atomic mass is 10.1. The number of phenolic OH excluding ortho intramolecular Hbond substituents is 1. The van der Waals surface area contributed by atoms with Gasteiger partial charge in [-0.05, 0) is 12.8 Å². The highest BCUT2D eigenvalue weighted by Gasteiger charge is 2.47. The van der Waals surface area contributed by atoms with E-state index in [4.69, 9.17) is 16.3 Å². The first-order valence-corrected chi connectivity index (χ1v) is 4.85. The Hall–Kier alpha value is -1.00.